The van der Waals surface area contributed by atoms with Gasteiger partial charge in [0.15, 0.2) is 0 Å². The first-order valence-corrected chi connectivity index (χ1v) is 7.00. The standard InChI is InChI=1S/C13H21F3N2O2/c1-2-3-4-7-17-11(19)10-5-8-18(9-6-10)12(20)13(14,15)16/h10H,2-9H2,1H3,(H,17,19). The summed E-state index contributed by atoms with van der Waals surface area (Å²) in [4.78, 5) is 23.6. The lowest BCUT2D eigenvalue weighted by atomic mass is 9.96. The van der Waals surface area contributed by atoms with E-state index in [0.29, 0.717) is 19.4 Å². The average Bonchev–Trinajstić information content (AvgIpc) is 2.41. The van der Waals surface area contributed by atoms with Gasteiger partial charge in [-0.1, -0.05) is 19.8 Å². The first-order chi connectivity index (χ1) is 9.36. The Kier molecular flexibility index (Phi) is 6.29. The van der Waals surface area contributed by atoms with Crippen LogP contribution in [0, 0.1) is 5.92 Å². The SMILES string of the molecule is CCCCCNC(=O)C1CCN(C(=O)C(F)(F)F)CC1. The lowest BCUT2D eigenvalue weighted by molar-refractivity contribution is -0.186. The molecule has 0 aromatic rings. The lowest BCUT2D eigenvalue weighted by Gasteiger charge is -2.31. The van der Waals surface area contributed by atoms with Gasteiger partial charge in [0.1, 0.15) is 0 Å². The number of nitrogens with one attached hydrogen (secondary N) is 1. The Morgan fingerprint density at radius 3 is 2.30 bits per heavy atom. The van der Waals surface area contributed by atoms with E-state index in [4.69, 9.17) is 0 Å². The Morgan fingerprint density at radius 2 is 1.80 bits per heavy atom. The highest BCUT2D eigenvalue weighted by Crippen LogP contribution is 2.23. The van der Waals surface area contributed by atoms with Crippen LogP contribution in [-0.2, 0) is 9.59 Å². The van der Waals surface area contributed by atoms with Crippen LogP contribution in [0.4, 0.5) is 13.2 Å². The number of halogens is 3. The maximum atomic E-state index is 12.3. The molecule has 0 bridgehead atoms. The molecular formula is C13H21F3N2O2. The van der Waals surface area contributed by atoms with E-state index in [1.165, 1.54) is 0 Å². The Hall–Kier alpha value is -1.27. The summed E-state index contributed by atoms with van der Waals surface area (Å²) in [5.41, 5.74) is 0. The third-order valence-corrected chi connectivity index (χ3v) is 3.48. The Labute approximate surface area is 116 Å². The molecule has 1 fully saturated rings. The monoisotopic (exact) mass is 294 g/mol. The molecule has 1 saturated heterocycles. The van der Waals surface area contributed by atoms with Gasteiger partial charge in [0, 0.05) is 25.6 Å². The van der Waals surface area contributed by atoms with Gasteiger partial charge in [0.2, 0.25) is 5.91 Å². The molecule has 7 heteroatoms. The number of unbranched alkanes of at least 4 members (excludes halogenated alkanes) is 2. The van der Waals surface area contributed by atoms with Crippen molar-refractivity contribution in [2.24, 2.45) is 5.92 Å². The van der Waals surface area contributed by atoms with Crippen molar-refractivity contribution in [3.63, 3.8) is 0 Å². The molecule has 20 heavy (non-hydrogen) atoms. The molecule has 1 aliphatic rings. The molecule has 1 rings (SSSR count). The molecule has 0 aromatic carbocycles. The van der Waals surface area contributed by atoms with Crippen LogP contribution in [0.3, 0.4) is 0 Å². The molecule has 0 aliphatic carbocycles. The van der Waals surface area contributed by atoms with Crippen LogP contribution >= 0.6 is 0 Å². The fraction of sp³-hybridized carbons (Fsp3) is 0.846. The van der Waals surface area contributed by atoms with Crippen molar-refractivity contribution in [3.05, 3.63) is 0 Å². The molecule has 0 aromatic heterocycles. The number of rotatable bonds is 5. The summed E-state index contributed by atoms with van der Waals surface area (Å²) in [6.45, 7) is 2.65. The van der Waals surface area contributed by atoms with Crippen molar-refractivity contribution < 1.29 is 22.8 Å². The predicted octanol–water partition coefficient (Wildman–Crippen LogP) is 2.09. The van der Waals surface area contributed by atoms with E-state index in [0.717, 1.165) is 24.2 Å². The summed E-state index contributed by atoms with van der Waals surface area (Å²) in [6, 6.07) is 0. The molecule has 1 heterocycles. The summed E-state index contributed by atoms with van der Waals surface area (Å²) in [7, 11) is 0. The Bertz CT molecular complexity index is 337. The molecule has 1 aliphatic heterocycles. The molecular weight excluding hydrogens is 273 g/mol. The highest BCUT2D eigenvalue weighted by molar-refractivity contribution is 5.83. The fourth-order valence-corrected chi connectivity index (χ4v) is 2.25. The van der Waals surface area contributed by atoms with E-state index in [2.05, 4.69) is 12.2 Å². The van der Waals surface area contributed by atoms with Gasteiger partial charge in [-0.25, -0.2) is 0 Å². The number of hydrogen-bond donors (Lipinski definition) is 1. The van der Waals surface area contributed by atoms with Gasteiger partial charge in [0.25, 0.3) is 0 Å². The van der Waals surface area contributed by atoms with Crippen LogP contribution < -0.4 is 5.32 Å². The first kappa shape index (κ1) is 16.8. The highest BCUT2D eigenvalue weighted by atomic mass is 19.4. The zero-order valence-electron chi connectivity index (χ0n) is 11.6. The third-order valence-electron chi connectivity index (χ3n) is 3.48. The smallest absolute Gasteiger partial charge is 0.356 e. The molecule has 0 spiro atoms. The van der Waals surface area contributed by atoms with Crippen molar-refractivity contribution in [1.82, 2.24) is 10.2 Å². The van der Waals surface area contributed by atoms with Gasteiger partial charge in [-0.05, 0) is 19.3 Å². The van der Waals surface area contributed by atoms with Crippen molar-refractivity contribution in [3.8, 4) is 0 Å². The summed E-state index contributed by atoms with van der Waals surface area (Å²) in [5, 5.41) is 2.80. The Morgan fingerprint density at radius 1 is 1.20 bits per heavy atom. The minimum absolute atomic E-state index is 0.00854. The topological polar surface area (TPSA) is 49.4 Å². The average molecular weight is 294 g/mol. The first-order valence-electron chi connectivity index (χ1n) is 7.00. The molecule has 4 nitrogen and oxygen atoms in total. The Balaban J connectivity index is 2.31. The van der Waals surface area contributed by atoms with E-state index in [9.17, 15) is 22.8 Å². The molecule has 0 saturated carbocycles. The van der Waals surface area contributed by atoms with E-state index in [1.807, 2.05) is 0 Å². The highest BCUT2D eigenvalue weighted by Gasteiger charge is 2.43. The second-order valence-electron chi connectivity index (χ2n) is 5.06. The fourth-order valence-electron chi connectivity index (χ4n) is 2.25. The van der Waals surface area contributed by atoms with Crippen molar-refractivity contribution >= 4 is 11.8 Å². The van der Waals surface area contributed by atoms with Crippen molar-refractivity contribution in [1.29, 1.82) is 0 Å². The molecule has 2 amide bonds. The van der Waals surface area contributed by atoms with Gasteiger partial charge >= 0.3 is 12.1 Å². The van der Waals surface area contributed by atoms with Crippen LogP contribution in [-0.4, -0.2) is 42.5 Å². The summed E-state index contributed by atoms with van der Waals surface area (Å²) in [6.07, 6.45) is -1.22. The third kappa shape index (κ3) is 5.02. The molecule has 0 unspecified atom stereocenters. The second kappa shape index (κ2) is 7.50. The number of likely N-dealkylation sites (tertiary alicyclic amines) is 1. The van der Waals surface area contributed by atoms with Crippen molar-refractivity contribution in [2.75, 3.05) is 19.6 Å². The van der Waals surface area contributed by atoms with Gasteiger partial charge < -0.3 is 10.2 Å². The van der Waals surface area contributed by atoms with Crippen LogP contribution in [0.2, 0.25) is 0 Å². The largest absolute Gasteiger partial charge is 0.471 e. The molecule has 116 valence electrons. The van der Waals surface area contributed by atoms with Gasteiger partial charge in [-0.15, -0.1) is 0 Å². The van der Waals surface area contributed by atoms with Gasteiger partial charge in [0.05, 0.1) is 0 Å². The summed E-state index contributed by atoms with van der Waals surface area (Å²) < 4.78 is 36.8. The predicted molar refractivity (Wildman–Crippen MR) is 67.9 cm³/mol. The van der Waals surface area contributed by atoms with E-state index in [1.54, 1.807) is 0 Å². The number of nitrogens with zero attached hydrogens (tertiary/aromatic N) is 1. The summed E-state index contributed by atoms with van der Waals surface area (Å²) in [5.74, 6) is -2.20. The normalized spacial score (nSPS) is 17.1. The number of piperidine rings is 1. The molecule has 1 N–H and O–H groups in total. The zero-order valence-corrected chi connectivity index (χ0v) is 11.6. The van der Waals surface area contributed by atoms with Gasteiger partial charge in [-0.2, -0.15) is 13.2 Å². The number of amides is 2. The molecule has 0 radical (unpaired) electrons. The van der Waals surface area contributed by atoms with Crippen LogP contribution in [0.1, 0.15) is 39.0 Å². The minimum atomic E-state index is -4.82. The quantitative estimate of drug-likeness (QED) is 0.789. The number of hydrogen-bond acceptors (Lipinski definition) is 2. The van der Waals surface area contributed by atoms with E-state index >= 15 is 0 Å². The van der Waals surface area contributed by atoms with E-state index in [-0.39, 0.29) is 24.9 Å². The van der Waals surface area contributed by atoms with E-state index < -0.39 is 12.1 Å². The number of carbonyl (C=O) groups is 2. The maximum Gasteiger partial charge on any atom is 0.471 e. The summed E-state index contributed by atoms with van der Waals surface area (Å²) >= 11 is 0. The maximum absolute atomic E-state index is 12.3. The minimum Gasteiger partial charge on any atom is -0.356 e. The lowest BCUT2D eigenvalue weighted by Crippen LogP contribution is -2.47. The van der Waals surface area contributed by atoms with Crippen LogP contribution in [0.25, 0.3) is 0 Å². The van der Waals surface area contributed by atoms with Crippen LogP contribution in [0.5, 0.6) is 0 Å². The number of carbonyl (C=O) groups excluding carboxylic acids is 2. The van der Waals surface area contributed by atoms with Crippen LogP contribution in [0.15, 0.2) is 0 Å². The molecule has 0 atom stereocenters. The van der Waals surface area contributed by atoms with Crippen molar-refractivity contribution in [2.45, 2.75) is 45.2 Å². The zero-order chi connectivity index (χ0) is 15.2. The number of alkyl halides is 3. The van der Waals surface area contributed by atoms with Gasteiger partial charge in [-0.3, -0.25) is 9.59 Å². The second-order valence-corrected chi connectivity index (χ2v) is 5.06.